The molecular formula is C3H11F3Si3. The molecule has 0 fully saturated rings. The van der Waals surface area contributed by atoms with Crippen molar-refractivity contribution >= 4 is 27.4 Å². The second-order valence-corrected chi connectivity index (χ2v) is 18.6. The van der Waals surface area contributed by atoms with Crippen LogP contribution in [0.25, 0.3) is 0 Å². The van der Waals surface area contributed by atoms with E-state index in [1.807, 2.05) is 0 Å². The zero-order valence-corrected chi connectivity index (χ0v) is 10.3. The Morgan fingerprint density at radius 1 is 1.33 bits per heavy atom. The third-order valence-electron chi connectivity index (χ3n) is 1.06. The quantitative estimate of drug-likeness (QED) is 0.389. The fraction of sp³-hybridized carbons (Fsp3) is 1.00. The summed E-state index contributed by atoms with van der Waals surface area (Å²) in [6, 6.07) is 0.513. The molecule has 6 heteroatoms. The topological polar surface area (TPSA) is 0 Å². The lowest BCUT2D eigenvalue weighted by molar-refractivity contribution is -0.130. The summed E-state index contributed by atoms with van der Waals surface area (Å²) in [5, 5.41) is 0. The lowest BCUT2D eigenvalue weighted by Gasteiger charge is -2.02. The van der Waals surface area contributed by atoms with Crippen LogP contribution in [0.15, 0.2) is 0 Å². The molecule has 0 radical (unpaired) electrons. The van der Waals surface area contributed by atoms with Crippen LogP contribution in [0.5, 0.6) is 0 Å². The van der Waals surface area contributed by atoms with Crippen molar-refractivity contribution in [2.45, 2.75) is 18.6 Å². The Bertz CT molecular complexity index is 71.2. The summed E-state index contributed by atoms with van der Waals surface area (Å²) in [6.45, 7) is 0. The van der Waals surface area contributed by atoms with E-state index in [1.54, 1.807) is 0 Å². The first-order valence-electron chi connectivity index (χ1n) is 3.13. The smallest absolute Gasteiger partial charge is 0.171 e. The lowest BCUT2D eigenvalue weighted by atomic mass is 10.5. The van der Waals surface area contributed by atoms with Gasteiger partial charge in [-0.25, -0.2) is 0 Å². The molecule has 0 aliphatic rings. The molecule has 0 saturated carbocycles. The molecule has 0 saturated heterocycles. The molecule has 0 N–H and O–H groups in total. The maximum atomic E-state index is 11.4. The van der Waals surface area contributed by atoms with Gasteiger partial charge in [0.05, 0.1) is 0 Å². The van der Waals surface area contributed by atoms with E-state index in [1.165, 1.54) is 9.76 Å². The van der Waals surface area contributed by atoms with Crippen molar-refractivity contribution in [2.75, 3.05) is 0 Å². The van der Waals surface area contributed by atoms with Crippen molar-refractivity contribution in [1.82, 2.24) is 0 Å². The predicted octanol–water partition coefficient (Wildman–Crippen LogP) is -1.11. The molecule has 0 nitrogen and oxygen atoms in total. The third kappa shape index (κ3) is 8.44. The van der Waals surface area contributed by atoms with Crippen molar-refractivity contribution in [3.63, 3.8) is 0 Å². The minimum absolute atomic E-state index is 0.123. The summed E-state index contributed by atoms with van der Waals surface area (Å²) < 4.78 is 34.3. The van der Waals surface area contributed by atoms with Gasteiger partial charge in [-0.2, -0.15) is 13.2 Å². The maximum absolute atomic E-state index is 11.4. The Balaban J connectivity index is 3.07. The minimum atomic E-state index is -3.88. The second-order valence-electron chi connectivity index (χ2n) is 2.07. The lowest BCUT2D eigenvalue weighted by Crippen LogP contribution is -2.11. The van der Waals surface area contributed by atoms with E-state index >= 15 is 0 Å². The van der Waals surface area contributed by atoms with Crippen molar-refractivity contribution in [3.05, 3.63) is 0 Å². The Morgan fingerprint density at radius 3 is 2.22 bits per heavy atom. The zero-order chi connectivity index (χ0) is 7.33. The standard InChI is InChI=1S/C3H11F3Si3/c4-3(5,6)1-2-8-9-7/h1-2,8-9H2,7H3. The van der Waals surface area contributed by atoms with E-state index in [-0.39, 0.29) is 17.6 Å². The number of rotatable bonds is 3. The maximum Gasteiger partial charge on any atom is 0.388 e. The molecule has 0 heterocycles. The molecule has 0 amide bonds. The van der Waals surface area contributed by atoms with Gasteiger partial charge in [0.25, 0.3) is 0 Å². The van der Waals surface area contributed by atoms with Gasteiger partial charge in [0.15, 0.2) is 0 Å². The first-order chi connectivity index (χ1) is 4.06. The molecular weight excluding hydrogens is 177 g/mol. The molecule has 0 aliphatic heterocycles. The average molecular weight is 188 g/mol. The zero-order valence-electron chi connectivity index (χ0n) is 5.46. The predicted molar refractivity (Wildman–Crippen MR) is 42.5 cm³/mol. The summed E-state index contributed by atoms with van der Waals surface area (Å²) in [5.41, 5.74) is 0. The molecule has 0 rings (SSSR count). The first-order valence-corrected chi connectivity index (χ1v) is 13.8. The number of hydrogen-bond donors (Lipinski definition) is 0. The van der Waals surface area contributed by atoms with E-state index in [0.717, 1.165) is 0 Å². The van der Waals surface area contributed by atoms with Crippen LogP contribution in [0.3, 0.4) is 0 Å². The summed E-state index contributed by atoms with van der Waals surface area (Å²) in [7, 11) is 1.17. The van der Waals surface area contributed by atoms with E-state index in [9.17, 15) is 13.2 Å². The highest BCUT2D eigenvalue weighted by molar-refractivity contribution is 7.23. The van der Waals surface area contributed by atoms with Gasteiger partial charge in [-0.1, -0.05) is 6.04 Å². The highest BCUT2D eigenvalue weighted by Crippen LogP contribution is 2.20. The fourth-order valence-electron chi connectivity index (χ4n) is 0.575. The fourth-order valence-corrected chi connectivity index (χ4v) is 8.48. The van der Waals surface area contributed by atoms with Gasteiger partial charge in [0.1, 0.15) is 0 Å². The molecule has 0 spiro atoms. The van der Waals surface area contributed by atoms with Gasteiger partial charge in [0, 0.05) is 15.5 Å². The van der Waals surface area contributed by atoms with E-state index in [0.29, 0.717) is 6.04 Å². The molecule has 0 aromatic rings. The Morgan fingerprint density at radius 2 is 1.89 bits per heavy atom. The Kier molecular flexibility index (Phi) is 4.50. The Hall–Kier alpha value is 0.441. The normalized spacial score (nSPS) is 15.0. The summed E-state index contributed by atoms with van der Waals surface area (Å²) in [4.78, 5) is 0. The van der Waals surface area contributed by atoms with Crippen LogP contribution in [0.2, 0.25) is 6.04 Å². The number of halogens is 3. The number of alkyl halides is 3. The van der Waals surface area contributed by atoms with Gasteiger partial charge in [-0.3, -0.25) is 0 Å². The summed E-state index contributed by atoms with van der Waals surface area (Å²) in [6.07, 6.45) is -4.38. The molecule has 0 aromatic heterocycles. The van der Waals surface area contributed by atoms with Crippen LogP contribution in [-0.2, 0) is 0 Å². The van der Waals surface area contributed by atoms with Crippen molar-refractivity contribution in [1.29, 1.82) is 0 Å². The van der Waals surface area contributed by atoms with Crippen LogP contribution < -0.4 is 0 Å². The highest BCUT2D eigenvalue weighted by Gasteiger charge is 2.25. The monoisotopic (exact) mass is 188 g/mol. The Labute approximate surface area is 59.9 Å². The molecule has 56 valence electrons. The molecule has 0 aliphatic carbocycles. The SMILES string of the molecule is FC(F)(F)CC[SiH2][SiH2][SiH3]. The second kappa shape index (κ2) is 4.29. The van der Waals surface area contributed by atoms with E-state index in [2.05, 4.69) is 0 Å². The van der Waals surface area contributed by atoms with Crippen molar-refractivity contribution in [2.24, 2.45) is 0 Å². The van der Waals surface area contributed by atoms with Gasteiger partial charge < -0.3 is 0 Å². The minimum Gasteiger partial charge on any atom is -0.171 e. The third-order valence-corrected chi connectivity index (χ3v) is 12.6. The molecule has 0 aromatic carbocycles. The van der Waals surface area contributed by atoms with Gasteiger partial charge in [0.2, 0.25) is 0 Å². The van der Waals surface area contributed by atoms with Gasteiger partial charge in [-0.15, -0.1) is 0 Å². The van der Waals surface area contributed by atoms with Crippen LogP contribution >= 0.6 is 0 Å². The number of hydrogen-bond acceptors (Lipinski definition) is 0. The van der Waals surface area contributed by atoms with Crippen molar-refractivity contribution in [3.8, 4) is 0 Å². The molecule has 9 heavy (non-hydrogen) atoms. The van der Waals surface area contributed by atoms with Crippen LogP contribution in [0, 0.1) is 0 Å². The molecule has 0 atom stereocenters. The molecule has 0 unspecified atom stereocenters. The van der Waals surface area contributed by atoms with E-state index in [4.69, 9.17) is 0 Å². The van der Waals surface area contributed by atoms with Crippen molar-refractivity contribution < 1.29 is 13.2 Å². The largest absolute Gasteiger partial charge is 0.388 e. The van der Waals surface area contributed by atoms with Crippen LogP contribution in [0.1, 0.15) is 6.42 Å². The van der Waals surface area contributed by atoms with Gasteiger partial charge >= 0.3 is 6.18 Å². The van der Waals surface area contributed by atoms with Crippen LogP contribution in [0.4, 0.5) is 13.2 Å². The van der Waals surface area contributed by atoms with E-state index < -0.39 is 12.6 Å². The van der Waals surface area contributed by atoms with Gasteiger partial charge in [-0.05, 0) is 18.3 Å². The highest BCUT2D eigenvalue weighted by atomic mass is 29.5. The van der Waals surface area contributed by atoms with Crippen LogP contribution in [-0.4, -0.2) is 33.5 Å². The average Bonchev–Trinajstić information content (AvgIpc) is 1.63. The first kappa shape index (κ1) is 9.44. The molecule has 0 bridgehead atoms. The summed E-state index contributed by atoms with van der Waals surface area (Å²) in [5.74, 6) is 0. The summed E-state index contributed by atoms with van der Waals surface area (Å²) >= 11 is 0.